The Balaban J connectivity index is 2.07. The average Bonchev–Trinajstić information content (AvgIpc) is 2.55. The molecule has 0 amide bonds. The molecule has 0 fully saturated rings. The zero-order valence-corrected chi connectivity index (χ0v) is 14.9. The maximum Gasteiger partial charge on any atom is 0.101 e. The zero-order valence-electron chi connectivity index (χ0n) is 12.5. The zero-order chi connectivity index (χ0) is 15.9. The van der Waals surface area contributed by atoms with Gasteiger partial charge in [0.25, 0.3) is 0 Å². The van der Waals surface area contributed by atoms with Crippen LogP contribution in [-0.2, 0) is 6.42 Å². The minimum absolute atomic E-state index is 0.742. The predicted octanol–water partition coefficient (Wildman–Crippen LogP) is 5.55. The van der Waals surface area contributed by atoms with E-state index in [0.29, 0.717) is 0 Å². The summed E-state index contributed by atoms with van der Waals surface area (Å²) in [6.07, 6.45) is 2.75. The summed E-state index contributed by atoms with van der Waals surface area (Å²) in [4.78, 5) is 5.69. The van der Waals surface area contributed by atoms with Gasteiger partial charge in [-0.05, 0) is 65.9 Å². The minimum atomic E-state index is 0.742. The van der Waals surface area contributed by atoms with Crippen LogP contribution in [-0.4, -0.2) is 23.1 Å². The van der Waals surface area contributed by atoms with E-state index in [2.05, 4.69) is 18.0 Å². The molecule has 22 heavy (non-hydrogen) atoms. The smallest absolute Gasteiger partial charge is 0.101 e. The number of aryl methyl sites for hydroxylation is 1. The van der Waals surface area contributed by atoms with Crippen molar-refractivity contribution in [1.82, 2.24) is 4.31 Å². The van der Waals surface area contributed by atoms with E-state index in [1.54, 1.807) is 17.3 Å². The van der Waals surface area contributed by atoms with E-state index in [1.165, 1.54) is 5.56 Å². The number of halogens is 1. The van der Waals surface area contributed by atoms with Crippen LogP contribution in [0.5, 0.6) is 0 Å². The Morgan fingerprint density at radius 3 is 2.59 bits per heavy atom. The summed E-state index contributed by atoms with van der Waals surface area (Å²) in [5, 5.41) is 2.43. The van der Waals surface area contributed by atoms with E-state index in [1.807, 2.05) is 54.1 Å². The Kier molecular flexibility index (Phi) is 6.43. The Labute approximate surface area is 146 Å². The standard InChI is InChI=1S/C17H17ClN2S2/c1-3-14-10-13(11-21)4-9-17(14)19-12-20(2)22-16-7-5-15(18)6-8-16/h4-12H,3H2,1-2H3. The molecular weight excluding hydrogens is 332 g/mol. The van der Waals surface area contributed by atoms with Gasteiger partial charge in [0.1, 0.15) is 6.34 Å². The van der Waals surface area contributed by atoms with Crippen molar-refractivity contribution in [3.8, 4) is 0 Å². The molecule has 0 radical (unpaired) electrons. The quantitative estimate of drug-likeness (QED) is 0.294. The van der Waals surface area contributed by atoms with Crippen LogP contribution in [0.3, 0.4) is 0 Å². The van der Waals surface area contributed by atoms with Gasteiger partial charge in [-0.2, -0.15) is 0 Å². The second-order valence-corrected chi connectivity index (χ2v) is 6.60. The lowest BCUT2D eigenvalue weighted by Crippen LogP contribution is -2.05. The van der Waals surface area contributed by atoms with Gasteiger partial charge < -0.3 is 4.31 Å². The second kappa shape index (κ2) is 8.32. The number of hydrogen-bond acceptors (Lipinski definition) is 3. The van der Waals surface area contributed by atoms with Crippen LogP contribution in [0.25, 0.3) is 0 Å². The highest BCUT2D eigenvalue weighted by atomic mass is 35.5. The minimum Gasteiger partial charge on any atom is -0.306 e. The molecule has 0 unspecified atom stereocenters. The maximum atomic E-state index is 5.89. The summed E-state index contributed by atoms with van der Waals surface area (Å²) in [6, 6.07) is 13.8. The molecule has 0 bridgehead atoms. The van der Waals surface area contributed by atoms with Crippen LogP contribution in [0, 0.1) is 0 Å². The number of rotatable bonds is 6. The molecule has 0 atom stereocenters. The normalized spacial score (nSPS) is 10.9. The Bertz CT molecular complexity index is 669. The molecule has 0 aliphatic rings. The maximum absolute atomic E-state index is 5.89. The Hall–Kier alpha value is -1.36. The molecule has 0 spiro atoms. The Morgan fingerprint density at radius 1 is 1.23 bits per heavy atom. The van der Waals surface area contributed by atoms with Crippen LogP contribution < -0.4 is 0 Å². The van der Waals surface area contributed by atoms with Crippen LogP contribution in [0.1, 0.15) is 18.1 Å². The van der Waals surface area contributed by atoms with Gasteiger partial charge in [0.15, 0.2) is 0 Å². The van der Waals surface area contributed by atoms with Crippen molar-refractivity contribution < 1.29 is 0 Å². The predicted molar refractivity (Wildman–Crippen MR) is 102 cm³/mol. The molecule has 2 aromatic rings. The van der Waals surface area contributed by atoms with Gasteiger partial charge in [-0.25, -0.2) is 4.99 Å². The summed E-state index contributed by atoms with van der Waals surface area (Å²) in [7, 11) is 1.97. The van der Waals surface area contributed by atoms with Gasteiger partial charge in [-0.3, -0.25) is 0 Å². The van der Waals surface area contributed by atoms with Crippen molar-refractivity contribution in [2.24, 2.45) is 4.99 Å². The molecule has 0 N–H and O–H groups in total. The first-order valence-electron chi connectivity index (χ1n) is 6.91. The van der Waals surface area contributed by atoms with Gasteiger partial charge in [0, 0.05) is 22.3 Å². The van der Waals surface area contributed by atoms with E-state index < -0.39 is 0 Å². The summed E-state index contributed by atoms with van der Waals surface area (Å²) in [5.41, 5.74) is 3.22. The summed E-state index contributed by atoms with van der Waals surface area (Å²) in [5.74, 6) is 0. The monoisotopic (exact) mass is 348 g/mol. The van der Waals surface area contributed by atoms with Crippen molar-refractivity contribution in [3.05, 3.63) is 58.6 Å². The molecule has 5 heteroatoms. The van der Waals surface area contributed by atoms with E-state index in [9.17, 15) is 0 Å². The first-order chi connectivity index (χ1) is 10.6. The van der Waals surface area contributed by atoms with E-state index in [0.717, 1.165) is 27.6 Å². The number of thiocarbonyl (C=S) groups is 1. The van der Waals surface area contributed by atoms with Gasteiger partial charge in [0.2, 0.25) is 0 Å². The van der Waals surface area contributed by atoms with E-state index in [4.69, 9.17) is 23.8 Å². The molecule has 114 valence electrons. The molecule has 0 aliphatic carbocycles. The molecule has 0 aliphatic heterocycles. The lowest BCUT2D eigenvalue weighted by Gasteiger charge is -2.12. The van der Waals surface area contributed by atoms with Crippen molar-refractivity contribution in [1.29, 1.82) is 0 Å². The molecule has 2 nitrogen and oxygen atoms in total. The number of aliphatic imine (C=N–C) groups is 1. The lowest BCUT2D eigenvalue weighted by molar-refractivity contribution is 0.869. The third-order valence-electron chi connectivity index (χ3n) is 3.04. The summed E-state index contributed by atoms with van der Waals surface area (Å²) in [6.45, 7) is 2.12. The number of nitrogens with zero attached hydrogens (tertiary/aromatic N) is 2. The van der Waals surface area contributed by atoms with Crippen LogP contribution in [0.2, 0.25) is 5.02 Å². The topological polar surface area (TPSA) is 15.6 Å². The highest BCUT2D eigenvalue weighted by Crippen LogP contribution is 2.24. The SMILES string of the molecule is CCc1cc(C=S)ccc1N=CN(C)Sc1ccc(Cl)cc1. The molecule has 2 aromatic carbocycles. The Morgan fingerprint density at radius 2 is 1.95 bits per heavy atom. The highest BCUT2D eigenvalue weighted by molar-refractivity contribution is 7.97. The van der Waals surface area contributed by atoms with Crippen LogP contribution in [0.4, 0.5) is 5.69 Å². The van der Waals surface area contributed by atoms with Crippen LogP contribution >= 0.6 is 35.8 Å². The van der Waals surface area contributed by atoms with Gasteiger partial charge in [-0.15, -0.1) is 0 Å². The van der Waals surface area contributed by atoms with Crippen molar-refractivity contribution in [3.63, 3.8) is 0 Å². The summed E-state index contributed by atoms with van der Waals surface area (Å²) >= 11 is 12.5. The largest absolute Gasteiger partial charge is 0.306 e. The number of hydrogen-bond donors (Lipinski definition) is 0. The summed E-state index contributed by atoms with van der Waals surface area (Å²) < 4.78 is 1.97. The van der Waals surface area contributed by atoms with Gasteiger partial charge in [0.05, 0.1) is 5.69 Å². The molecule has 0 aromatic heterocycles. The van der Waals surface area contributed by atoms with Crippen molar-refractivity contribution in [2.75, 3.05) is 7.05 Å². The average molecular weight is 349 g/mol. The molecule has 0 saturated heterocycles. The van der Waals surface area contributed by atoms with Crippen LogP contribution in [0.15, 0.2) is 52.4 Å². The third-order valence-corrected chi connectivity index (χ3v) is 4.43. The molecule has 0 heterocycles. The fraction of sp³-hybridized carbons (Fsp3) is 0.176. The van der Waals surface area contributed by atoms with Crippen molar-refractivity contribution in [2.45, 2.75) is 18.2 Å². The lowest BCUT2D eigenvalue weighted by atomic mass is 10.1. The molecular formula is C17H17ClN2S2. The first kappa shape index (κ1) is 17.0. The fourth-order valence-electron chi connectivity index (χ4n) is 1.92. The first-order valence-corrected chi connectivity index (χ1v) is 8.53. The van der Waals surface area contributed by atoms with E-state index >= 15 is 0 Å². The van der Waals surface area contributed by atoms with Crippen molar-refractivity contribution >= 4 is 53.2 Å². The fourth-order valence-corrected chi connectivity index (χ4v) is 2.87. The van der Waals surface area contributed by atoms with Gasteiger partial charge >= 0.3 is 0 Å². The molecule has 0 saturated carbocycles. The third kappa shape index (κ3) is 4.83. The highest BCUT2D eigenvalue weighted by Gasteiger charge is 2.01. The van der Waals surface area contributed by atoms with Gasteiger partial charge in [-0.1, -0.05) is 36.8 Å². The number of benzene rings is 2. The van der Waals surface area contributed by atoms with E-state index in [-0.39, 0.29) is 0 Å². The molecule has 2 rings (SSSR count). The second-order valence-electron chi connectivity index (χ2n) is 4.70.